The normalized spacial score (nSPS) is 12.9. The van der Waals surface area contributed by atoms with Crippen molar-refractivity contribution in [2.75, 3.05) is 7.05 Å². The van der Waals surface area contributed by atoms with Crippen LogP contribution in [0.4, 0.5) is 0 Å². The first-order valence-corrected chi connectivity index (χ1v) is 8.26. The molecule has 0 spiro atoms. The van der Waals surface area contributed by atoms with Crippen molar-refractivity contribution in [2.24, 2.45) is 0 Å². The van der Waals surface area contributed by atoms with Crippen molar-refractivity contribution in [3.05, 3.63) is 58.9 Å². The fourth-order valence-corrected chi connectivity index (χ4v) is 3.41. The second-order valence-electron chi connectivity index (χ2n) is 4.77. The first-order chi connectivity index (χ1) is 10.4. The number of hydrogen-bond acceptors (Lipinski definition) is 4. The minimum absolute atomic E-state index is 0.00476. The Kier molecular flexibility index (Phi) is 4.81. The molecule has 0 unspecified atom stereocenters. The summed E-state index contributed by atoms with van der Waals surface area (Å²) in [5.74, 6) is 0. The highest BCUT2D eigenvalue weighted by Gasteiger charge is 2.26. The molecule has 0 amide bonds. The minimum Gasteiger partial charge on any atom is -0.262 e. The lowest BCUT2D eigenvalue weighted by molar-refractivity contribution is 0.398. The third kappa shape index (κ3) is 3.28. The highest BCUT2D eigenvalue weighted by Crippen LogP contribution is 2.26. The molecule has 0 saturated carbocycles. The zero-order valence-electron chi connectivity index (χ0n) is 12.1. The largest absolute Gasteiger partial charge is 0.262 e. The van der Waals surface area contributed by atoms with Crippen molar-refractivity contribution in [3.63, 3.8) is 0 Å². The molecule has 5 nitrogen and oxygen atoms in total. The van der Waals surface area contributed by atoms with Crippen LogP contribution in [0.3, 0.4) is 0 Å². The molecule has 0 aliphatic carbocycles. The molecule has 7 heteroatoms. The Morgan fingerprint density at radius 3 is 2.50 bits per heavy atom. The third-order valence-corrected chi connectivity index (χ3v) is 5.56. The van der Waals surface area contributed by atoms with Crippen LogP contribution in [0.25, 0.3) is 0 Å². The van der Waals surface area contributed by atoms with Gasteiger partial charge in [-0.05, 0) is 30.7 Å². The Morgan fingerprint density at radius 1 is 1.27 bits per heavy atom. The average Bonchev–Trinajstić information content (AvgIpc) is 2.54. The van der Waals surface area contributed by atoms with E-state index >= 15 is 0 Å². The summed E-state index contributed by atoms with van der Waals surface area (Å²) in [5.41, 5.74) is 1.02. The van der Waals surface area contributed by atoms with Crippen LogP contribution in [0.2, 0.25) is 5.02 Å². The lowest BCUT2D eigenvalue weighted by Crippen LogP contribution is -2.30. The maximum Gasteiger partial charge on any atom is 0.244 e. The summed E-state index contributed by atoms with van der Waals surface area (Å²) in [4.78, 5) is 3.80. The maximum atomic E-state index is 12.6. The quantitative estimate of drug-likeness (QED) is 0.860. The van der Waals surface area contributed by atoms with Crippen molar-refractivity contribution in [1.29, 1.82) is 5.26 Å². The molecule has 1 aromatic carbocycles. The molecular weight excluding hydrogens is 322 g/mol. The van der Waals surface area contributed by atoms with Gasteiger partial charge in [-0.25, -0.2) is 8.42 Å². The molecule has 0 bridgehead atoms. The number of nitriles is 1. The van der Waals surface area contributed by atoms with Crippen LogP contribution < -0.4 is 0 Å². The van der Waals surface area contributed by atoms with Gasteiger partial charge < -0.3 is 0 Å². The standard InChI is InChI=1S/C15H14ClN3O2S/c1-11(13-3-5-14(16)6-4-13)19(2)22(20,21)15-7-12(8-17)9-18-10-15/h3-7,9-11H,1-2H3/t11-/m0/s1. The fourth-order valence-electron chi connectivity index (χ4n) is 1.95. The van der Waals surface area contributed by atoms with Gasteiger partial charge in [0.05, 0.1) is 5.56 Å². The summed E-state index contributed by atoms with van der Waals surface area (Å²) in [6.45, 7) is 1.78. The maximum absolute atomic E-state index is 12.6. The van der Waals surface area contributed by atoms with Crippen molar-refractivity contribution < 1.29 is 8.42 Å². The van der Waals surface area contributed by atoms with Crippen LogP contribution in [0, 0.1) is 11.3 Å². The second kappa shape index (κ2) is 6.44. The molecule has 2 aromatic rings. The van der Waals surface area contributed by atoms with E-state index in [0.29, 0.717) is 5.02 Å². The summed E-state index contributed by atoms with van der Waals surface area (Å²) < 4.78 is 26.5. The zero-order chi connectivity index (χ0) is 16.3. The molecule has 1 aromatic heterocycles. The van der Waals surface area contributed by atoms with Gasteiger partial charge in [0, 0.05) is 30.5 Å². The smallest absolute Gasteiger partial charge is 0.244 e. The molecule has 0 radical (unpaired) electrons. The molecule has 1 heterocycles. The minimum atomic E-state index is -3.74. The van der Waals surface area contributed by atoms with E-state index in [1.54, 1.807) is 31.2 Å². The SMILES string of the molecule is C[C@@H](c1ccc(Cl)cc1)N(C)S(=O)(=O)c1cncc(C#N)c1. The van der Waals surface area contributed by atoms with Crippen LogP contribution in [-0.2, 0) is 10.0 Å². The van der Waals surface area contributed by atoms with E-state index in [2.05, 4.69) is 4.98 Å². The molecule has 0 aliphatic heterocycles. The van der Waals surface area contributed by atoms with Crippen molar-refractivity contribution >= 4 is 21.6 Å². The first-order valence-electron chi connectivity index (χ1n) is 6.45. The van der Waals surface area contributed by atoms with Crippen LogP contribution in [-0.4, -0.2) is 24.8 Å². The number of sulfonamides is 1. The zero-order valence-corrected chi connectivity index (χ0v) is 13.6. The van der Waals surface area contributed by atoms with Crippen LogP contribution in [0.15, 0.2) is 47.6 Å². The molecule has 0 N–H and O–H groups in total. The predicted octanol–water partition coefficient (Wildman–Crippen LogP) is 2.99. The molecule has 0 fully saturated rings. The Balaban J connectivity index is 2.36. The Hall–Kier alpha value is -1.94. The van der Waals surface area contributed by atoms with Gasteiger partial charge in [0.15, 0.2) is 0 Å². The van der Waals surface area contributed by atoms with Crippen molar-refractivity contribution in [2.45, 2.75) is 17.9 Å². The summed E-state index contributed by atoms with van der Waals surface area (Å²) >= 11 is 5.84. The average molecular weight is 336 g/mol. The van der Waals surface area contributed by atoms with Crippen molar-refractivity contribution in [1.82, 2.24) is 9.29 Å². The van der Waals surface area contributed by atoms with Gasteiger partial charge in [-0.1, -0.05) is 23.7 Å². The van der Waals surface area contributed by atoms with E-state index in [1.165, 1.54) is 29.8 Å². The Morgan fingerprint density at radius 2 is 1.91 bits per heavy atom. The number of benzene rings is 1. The molecule has 114 valence electrons. The van der Waals surface area contributed by atoms with E-state index in [-0.39, 0.29) is 16.5 Å². The number of rotatable bonds is 4. The first kappa shape index (κ1) is 16.4. The van der Waals surface area contributed by atoms with E-state index in [4.69, 9.17) is 16.9 Å². The molecular formula is C15H14ClN3O2S. The number of aromatic nitrogens is 1. The van der Waals surface area contributed by atoms with Gasteiger partial charge in [-0.3, -0.25) is 4.98 Å². The summed E-state index contributed by atoms with van der Waals surface area (Å²) in [6, 6.07) is 9.81. The summed E-state index contributed by atoms with van der Waals surface area (Å²) in [7, 11) is -2.25. The Bertz CT molecular complexity index is 813. The number of pyridine rings is 1. The van der Waals surface area contributed by atoms with Crippen LogP contribution in [0.5, 0.6) is 0 Å². The van der Waals surface area contributed by atoms with E-state index in [9.17, 15) is 8.42 Å². The number of halogens is 1. The highest BCUT2D eigenvalue weighted by atomic mass is 35.5. The monoisotopic (exact) mass is 335 g/mol. The van der Waals surface area contributed by atoms with Gasteiger partial charge in [0.2, 0.25) is 10.0 Å². The van der Waals surface area contributed by atoms with Gasteiger partial charge >= 0.3 is 0 Å². The van der Waals surface area contributed by atoms with Crippen LogP contribution in [0.1, 0.15) is 24.1 Å². The van der Waals surface area contributed by atoms with Gasteiger partial charge in [-0.15, -0.1) is 0 Å². The summed E-state index contributed by atoms with van der Waals surface area (Å²) in [6.07, 6.45) is 2.56. The number of nitrogens with zero attached hydrogens (tertiary/aromatic N) is 3. The lowest BCUT2D eigenvalue weighted by Gasteiger charge is -2.24. The van der Waals surface area contributed by atoms with Gasteiger partial charge in [0.1, 0.15) is 11.0 Å². The van der Waals surface area contributed by atoms with Crippen LogP contribution >= 0.6 is 11.6 Å². The molecule has 22 heavy (non-hydrogen) atoms. The van der Waals surface area contributed by atoms with Gasteiger partial charge in [0.25, 0.3) is 0 Å². The van der Waals surface area contributed by atoms with E-state index in [1.807, 2.05) is 6.07 Å². The molecule has 2 rings (SSSR count). The number of hydrogen-bond donors (Lipinski definition) is 0. The van der Waals surface area contributed by atoms with Crippen molar-refractivity contribution in [3.8, 4) is 6.07 Å². The second-order valence-corrected chi connectivity index (χ2v) is 7.20. The van der Waals surface area contributed by atoms with Gasteiger partial charge in [-0.2, -0.15) is 9.57 Å². The molecule has 0 saturated heterocycles. The fraction of sp³-hybridized carbons (Fsp3) is 0.200. The Labute approximate surface area is 134 Å². The molecule has 0 aliphatic rings. The van der Waals surface area contributed by atoms with E-state index < -0.39 is 10.0 Å². The molecule has 1 atom stereocenters. The highest BCUT2D eigenvalue weighted by molar-refractivity contribution is 7.89. The topological polar surface area (TPSA) is 74.1 Å². The third-order valence-electron chi connectivity index (χ3n) is 3.42. The lowest BCUT2D eigenvalue weighted by atomic mass is 10.1. The summed E-state index contributed by atoms with van der Waals surface area (Å²) in [5, 5.41) is 9.46. The predicted molar refractivity (Wildman–Crippen MR) is 83.8 cm³/mol. The van der Waals surface area contributed by atoms with E-state index in [0.717, 1.165) is 5.56 Å².